The van der Waals surface area contributed by atoms with Crippen molar-refractivity contribution >= 4 is 34.6 Å². The standard InChI is InChI=1S/C28H36N6O5/c1-27(2,3)38-25(36)31-13-15-34-20-9-8-19(30-12-14-33(7)26(37)39-28(4,5)6)21-22(20)23(32-34)18-16-29-11-10-17(18)24(21)35/h8-11,16,30H,12-15H2,1-7H3,(H,31,36). The third kappa shape index (κ3) is 6.30. The second kappa shape index (κ2) is 10.5. The van der Waals surface area contributed by atoms with Crippen molar-refractivity contribution in [1.82, 2.24) is 25.0 Å². The van der Waals surface area contributed by atoms with E-state index in [9.17, 15) is 14.4 Å². The van der Waals surface area contributed by atoms with E-state index < -0.39 is 23.4 Å². The summed E-state index contributed by atoms with van der Waals surface area (Å²) in [7, 11) is 1.67. The molecule has 0 atom stereocenters. The van der Waals surface area contributed by atoms with Crippen molar-refractivity contribution in [3.63, 3.8) is 0 Å². The Kier molecular flexibility index (Phi) is 7.54. The van der Waals surface area contributed by atoms with Crippen LogP contribution >= 0.6 is 0 Å². The predicted molar refractivity (Wildman–Crippen MR) is 148 cm³/mol. The van der Waals surface area contributed by atoms with Crippen LogP contribution in [0.5, 0.6) is 0 Å². The van der Waals surface area contributed by atoms with Crippen LogP contribution in [0.1, 0.15) is 57.5 Å². The zero-order chi connectivity index (χ0) is 28.5. The summed E-state index contributed by atoms with van der Waals surface area (Å²) >= 11 is 0. The molecule has 1 aliphatic carbocycles. The van der Waals surface area contributed by atoms with Crippen molar-refractivity contribution in [2.24, 2.45) is 0 Å². The molecule has 3 aromatic rings. The minimum Gasteiger partial charge on any atom is -0.444 e. The summed E-state index contributed by atoms with van der Waals surface area (Å²) in [6, 6.07) is 5.44. The normalized spacial score (nSPS) is 12.6. The summed E-state index contributed by atoms with van der Waals surface area (Å²) in [6.45, 7) is 12.3. The Morgan fingerprint density at radius 2 is 1.72 bits per heavy atom. The summed E-state index contributed by atoms with van der Waals surface area (Å²) in [4.78, 5) is 43.8. The number of fused-ring (bicyclic) bond motifs is 2. The molecule has 0 unspecified atom stereocenters. The third-order valence-corrected chi connectivity index (χ3v) is 5.93. The Balaban J connectivity index is 1.58. The van der Waals surface area contributed by atoms with Crippen LogP contribution in [0.25, 0.3) is 22.2 Å². The number of carbonyl (C=O) groups is 3. The van der Waals surface area contributed by atoms with Gasteiger partial charge in [-0.25, -0.2) is 9.59 Å². The van der Waals surface area contributed by atoms with Gasteiger partial charge in [0.05, 0.1) is 17.6 Å². The number of alkyl carbamates (subject to hydrolysis) is 1. The molecule has 2 aromatic heterocycles. The Bertz CT molecular complexity index is 1420. The minimum atomic E-state index is -0.592. The van der Waals surface area contributed by atoms with E-state index in [0.29, 0.717) is 54.3 Å². The van der Waals surface area contributed by atoms with Crippen LogP contribution in [0.4, 0.5) is 15.3 Å². The number of ether oxygens (including phenoxy) is 2. The topological polar surface area (TPSA) is 128 Å². The molecule has 0 saturated heterocycles. The zero-order valence-corrected chi connectivity index (χ0v) is 23.5. The lowest BCUT2D eigenvalue weighted by atomic mass is 9.87. The monoisotopic (exact) mass is 536 g/mol. The lowest BCUT2D eigenvalue weighted by molar-refractivity contribution is 0.0305. The van der Waals surface area contributed by atoms with E-state index in [4.69, 9.17) is 14.6 Å². The number of nitrogens with zero attached hydrogens (tertiary/aromatic N) is 4. The zero-order valence-electron chi connectivity index (χ0n) is 23.5. The molecule has 1 aliphatic rings. The molecule has 1 aromatic carbocycles. The van der Waals surface area contributed by atoms with E-state index in [0.717, 1.165) is 10.9 Å². The van der Waals surface area contributed by atoms with Gasteiger partial charge in [0.25, 0.3) is 0 Å². The molecule has 2 heterocycles. The SMILES string of the molecule is CN(CCNc1ccc2c3c(nn2CCNC(=O)OC(C)(C)C)-c2cnccc2C(=O)c13)C(=O)OC(C)(C)C. The number of likely N-dealkylation sites (N-methyl/N-ethyl adjacent to an activating group) is 1. The highest BCUT2D eigenvalue weighted by Crippen LogP contribution is 2.41. The van der Waals surface area contributed by atoms with Gasteiger partial charge in [0, 0.05) is 61.3 Å². The van der Waals surface area contributed by atoms with Crippen LogP contribution in [0.3, 0.4) is 0 Å². The van der Waals surface area contributed by atoms with Crippen LogP contribution in [0.15, 0.2) is 30.6 Å². The van der Waals surface area contributed by atoms with E-state index in [1.54, 1.807) is 51.0 Å². The molecule has 4 rings (SSSR count). The van der Waals surface area contributed by atoms with Gasteiger partial charge in [-0.05, 0) is 59.7 Å². The van der Waals surface area contributed by atoms with Gasteiger partial charge in [-0.3, -0.25) is 14.5 Å². The smallest absolute Gasteiger partial charge is 0.410 e. The molecule has 0 bridgehead atoms. The first-order valence-electron chi connectivity index (χ1n) is 12.9. The Morgan fingerprint density at radius 1 is 1.00 bits per heavy atom. The van der Waals surface area contributed by atoms with Gasteiger partial charge in [-0.15, -0.1) is 0 Å². The minimum absolute atomic E-state index is 0.125. The molecule has 0 radical (unpaired) electrons. The molecular formula is C28H36N6O5. The molecule has 0 saturated carbocycles. The molecule has 11 nitrogen and oxygen atoms in total. The number of carbonyl (C=O) groups excluding carboxylic acids is 3. The maximum absolute atomic E-state index is 13.7. The number of pyridine rings is 1. The number of hydrogen-bond donors (Lipinski definition) is 2. The highest BCUT2D eigenvalue weighted by atomic mass is 16.6. The predicted octanol–water partition coefficient (Wildman–Crippen LogP) is 4.45. The van der Waals surface area contributed by atoms with E-state index in [1.165, 1.54) is 4.90 Å². The Morgan fingerprint density at radius 3 is 2.41 bits per heavy atom. The first-order chi connectivity index (χ1) is 18.2. The van der Waals surface area contributed by atoms with Crippen molar-refractivity contribution in [3.05, 3.63) is 41.7 Å². The number of aromatic nitrogens is 3. The molecule has 0 spiro atoms. The van der Waals surface area contributed by atoms with Crippen molar-refractivity contribution in [3.8, 4) is 11.3 Å². The van der Waals surface area contributed by atoms with Gasteiger partial charge < -0.3 is 25.0 Å². The van der Waals surface area contributed by atoms with Gasteiger partial charge >= 0.3 is 12.2 Å². The average molecular weight is 537 g/mol. The number of anilines is 1. The van der Waals surface area contributed by atoms with Crippen molar-refractivity contribution in [2.45, 2.75) is 59.3 Å². The summed E-state index contributed by atoms with van der Waals surface area (Å²) in [6.07, 6.45) is 2.32. The van der Waals surface area contributed by atoms with Gasteiger partial charge in [0.15, 0.2) is 5.78 Å². The van der Waals surface area contributed by atoms with Crippen molar-refractivity contribution in [1.29, 1.82) is 0 Å². The van der Waals surface area contributed by atoms with E-state index >= 15 is 0 Å². The summed E-state index contributed by atoms with van der Waals surface area (Å²) in [5.41, 5.74) is 2.62. The van der Waals surface area contributed by atoms with Crippen LogP contribution < -0.4 is 10.6 Å². The molecule has 2 amide bonds. The van der Waals surface area contributed by atoms with Crippen LogP contribution in [0, 0.1) is 0 Å². The lowest BCUT2D eigenvalue weighted by Gasteiger charge is -2.25. The number of benzene rings is 1. The van der Waals surface area contributed by atoms with Gasteiger partial charge in [0.1, 0.15) is 16.9 Å². The van der Waals surface area contributed by atoms with E-state index in [2.05, 4.69) is 15.6 Å². The van der Waals surface area contributed by atoms with Crippen LogP contribution in [-0.4, -0.2) is 75.5 Å². The van der Waals surface area contributed by atoms with E-state index in [1.807, 2.05) is 32.9 Å². The van der Waals surface area contributed by atoms with Gasteiger partial charge in [0.2, 0.25) is 0 Å². The van der Waals surface area contributed by atoms with Gasteiger partial charge in [-0.1, -0.05) is 0 Å². The highest BCUT2D eigenvalue weighted by molar-refractivity contribution is 6.27. The van der Waals surface area contributed by atoms with E-state index in [-0.39, 0.29) is 5.78 Å². The van der Waals surface area contributed by atoms with Crippen molar-refractivity contribution < 1.29 is 23.9 Å². The highest BCUT2D eigenvalue weighted by Gasteiger charge is 2.31. The van der Waals surface area contributed by atoms with Crippen LogP contribution in [0.2, 0.25) is 0 Å². The van der Waals surface area contributed by atoms with Gasteiger partial charge in [-0.2, -0.15) is 5.10 Å². The fourth-order valence-electron chi connectivity index (χ4n) is 4.30. The maximum atomic E-state index is 13.7. The molecule has 2 N–H and O–H groups in total. The summed E-state index contributed by atoms with van der Waals surface area (Å²) in [5.74, 6) is -0.125. The number of amides is 2. The number of rotatable bonds is 7. The second-order valence-electron chi connectivity index (χ2n) is 11.5. The van der Waals surface area contributed by atoms with Crippen molar-refractivity contribution in [2.75, 3.05) is 32.0 Å². The molecule has 0 fully saturated rings. The van der Waals surface area contributed by atoms with Crippen LogP contribution in [-0.2, 0) is 16.0 Å². The quantitative estimate of drug-likeness (QED) is 0.355. The Hall–Kier alpha value is -4.15. The first kappa shape index (κ1) is 27.9. The number of hydrogen-bond acceptors (Lipinski definition) is 8. The molecule has 208 valence electrons. The second-order valence-corrected chi connectivity index (χ2v) is 11.5. The summed E-state index contributed by atoms with van der Waals surface area (Å²) in [5, 5.41) is 11.6. The fraction of sp³-hybridized carbons (Fsp3) is 0.464. The summed E-state index contributed by atoms with van der Waals surface area (Å²) < 4.78 is 12.5. The molecule has 39 heavy (non-hydrogen) atoms. The number of nitrogens with one attached hydrogen (secondary N) is 2. The Labute approximate surface area is 227 Å². The third-order valence-electron chi connectivity index (χ3n) is 5.93. The molecule has 0 aliphatic heterocycles. The average Bonchev–Trinajstić information content (AvgIpc) is 3.19. The fourth-order valence-corrected chi connectivity index (χ4v) is 4.30. The molecular weight excluding hydrogens is 500 g/mol. The molecule has 11 heteroatoms. The maximum Gasteiger partial charge on any atom is 0.410 e. The first-order valence-corrected chi connectivity index (χ1v) is 12.9. The number of ketones is 1. The largest absolute Gasteiger partial charge is 0.444 e. The lowest BCUT2D eigenvalue weighted by Crippen LogP contribution is -2.36.